The van der Waals surface area contributed by atoms with Gasteiger partial charge in [0, 0.05) is 6.42 Å². The van der Waals surface area contributed by atoms with Crippen LogP contribution in [0.25, 0.3) is 11.1 Å². The molecule has 0 heterocycles. The van der Waals surface area contributed by atoms with E-state index in [9.17, 15) is 4.79 Å². The van der Waals surface area contributed by atoms with Crippen LogP contribution in [0.1, 0.15) is 42.9 Å². The van der Waals surface area contributed by atoms with Crippen molar-refractivity contribution in [2.24, 2.45) is 0 Å². The normalized spacial score (nSPS) is 13.8. The van der Waals surface area contributed by atoms with Crippen LogP contribution in [-0.2, 0) is 11.2 Å². The van der Waals surface area contributed by atoms with Crippen LogP contribution in [0.3, 0.4) is 0 Å². The van der Waals surface area contributed by atoms with Crippen LogP contribution in [-0.4, -0.2) is 5.78 Å². The fourth-order valence-electron chi connectivity index (χ4n) is 3.18. The van der Waals surface area contributed by atoms with Crippen LogP contribution < -0.4 is 0 Å². The van der Waals surface area contributed by atoms with Crippen LogP contribution >= 0.6 is 0 Å². The quantitative estimate of drug-likeness (QED) is 0.675. The van der Waals surface area contributed by atoms with Crippen molar-refractivity contribution >= 4 is 5.78 Å². The molecule has 2 aromatic carbocycles. The Morgan fingerprint density at radius 1 is 1.11 bits per heavy atom. The zero-order chi connectivity index (χ0) is 13.4. The first-order valence-electron chi connectivity index (χ1n) is 6.86. The number of ketones is 1. The number of Topliss-reactive ketones (excluding diaryl/α,β-unsaturated/α-hetero) is 1. The number of carbonyl (C=O) groups excluding carboxylic acids is 1. The maximum atomic E-state index is 11.3. The SMILES string of the molecule is CC(=O)CC(C)c1cccc2c1Cc1ccccc1-2. The van der Waals surface area contributed by atoms with Gasteiger partial charge in [-0.15, -0.1) is 0 Å². The molecule has 0 saturated heterocycles. The molecule has 1 heteroatoms. The van der Waals surface area contributed by atoms with Crippen molar-refractivity contribution in [1.29, 1.82) is 0 Å². The summed E-state index contributed by atoms with van der Waals surface area (Å²) in [6, 6.07) is 15.1. The Kier molecular flexibility index (Phi) is 2.98. The number of hydrogen-bond donors (Lipinski definition) is 0. The summed E-state index contributed by atoms with van der Waals surface area (Å²) in [5, 5.41) is 0. The number of hydrogen-bond acceptors (Lipinski definition) is 1. The molecule has 1 unspecified atom stereocenters. The van der Waals surface area contributed by atoms with Crippen molar-refractivity contribution in [3.63, 3.8) is 0 Å². The molecule has 0 aliphatic heterocycles. The van der Waals surface area contributed by atoms with Crippen molar-refractivity contribution in [2.75, 3.05) is 0 Å². The number of fused-ring (bicyclic) bond motifs is 3. The average Bonchev–Trinajstić information content (AvgIpc) is 2.76. The molecule has 0 N–H and O–H groups in total. The fourth-order valence-corrected chi connectivity index (χ4v) is 3.18. The zero-order valence-corrected chi connectivity index (χ0v) is 11.4. The van der Waals surface area contributed by atoms with Gasteiger partial charge < -0.3 is 4.79 Å². The first kappa shape index (κ1) is 12.2. The summed E-state index contributed by atoms with van der Waals surface area (Å²) in [4.78, 5) is 11.3. The Labute approximate surface area is 114 Å². The zero-order valence-electron chi connectivity index (χ0n) is 11.4. The molecule has 96 valence electrons. The summed E-state index contributed by atoms with van der Waals surface area (Å²) in [7, 11) is 0. The highest BCUT2D eigenvalue weighted by molar-refractivity contribution is 5.79. The van der Waals surface area contributed by atoms with E-state index in [0.29, 0.717) is 12.3 Å². The third-order valence-corrected chi connectivity index (χ3v) is 4.01. The molecule has 0 spiro atoms. The molecular formula is C18H18O. The minimum atomic E-state index is 0.264. The van der Waals surface area contributed by atoms with Gasteiger partial charge in [0.1, 0.15) is 5.78 Å². The minimum absolute atomic E-state index is 0.264. The predicted octanol–water partition coefficient (Wildman–Crippen LogP) is 4.34. The van der Waals surface area contributed by atoms with Gasteiger partial charge in [0.15, 0.2) is 0 Å². The van der Waals surface area contributed by atoms with Gasteiger partial charge in [0.05, 0.1) is 0 Å². The van der Waals surface area contributed by atoms with Crippen LogP contribution in [0, 0.1) is 0 Å². The Hall–Kier alpha value is -1.89. The molecule has 1 atom stereocenters. The maximum Gasteiger partial charge on any atom is 0.130 e. The molecule has 3 rings (SSSR count). The molecule has 1 aliphatic rings. The van der Waals surface area contributed by atoms with E-state index in [2.05, 4.69) is 49.4 Å². The van der Waals surface area contributed by atoms with Crippen molar-refractivity contribution in [3.8, 4) is 11.1 Å². The second-order valence-electron chi connectivity index (χ2n) is 5.51. The molecule has 1 nitrogen and oxygen atoms in total. The van der Waals surface area contributed by atoms with E-state index in [1.54, 1.807) is 6.92 Å². The molecule has 0 radical (unpaired) electrons. The van der Waals surface area contributed by atoms with Crippen LogP contribution in [0.2, 0.25) is 0 Å². The highest BCUT2D eigenvalue weighted by Crippen LogP contribution is 2.40. The van der Waals surface area contributed by atoms with Gasteiger partial charge in [-0.05, 0) is 47.1 Å². The van der Waals surface area contributed by atoms with Crippen molar-refractivity contribution in [2.45, 2.75) is 32.6 Å². The van der Waals surface area contributed by atoms with Crippen molar-refractivity contribution < 1.29 is 4.79 Å². The largest absolute Gasteiger partial charge is 0.300 e. The van der Waals surface area contributed by atoms with Crippen molar-refractivity contribution in [3.05, 3.63) is 59.2 Å². The third kappa shape index (κ3) is 2.10. The summed E-state index contributed by atoms with van der Waals surface area (Å²) in [5.41, 5.74) is 6.86. The number of benzene rings is 2. The average molecular weight is 250 g/mol. The van der Waals surface area contributed by atoms with Crippen LogP contribution in [0.15, 0.2) is 42.5 Å². The van der Waals surface area contributed by atoms with Crippen LogP contribution in [0.5, 0.6) is 0 Å². The number of carbonyl (C=O) groups is 1. The Morgan fingerprint density at radius 2 is 1.84 bits per heavy atom. The van der Waals surface area contributed by atoms with E-state index in [4.69, 9.17) is 0 Å². The van der Waals surface area contributed by atoms with Crippen LogP contribution in [0.4, 0.5) is 0 Å². The van der Waals surface area contributed by atoms with E-state index in [1.807, 2.05) is 0 Å². The van der Waals surface area contributed by atoms with Gasteiger partial charge in [-0.1, -0.05) is 49.4 Å². The van der Waals surface area contributed by atoms with E-state index in [1.165, 1.54) is 27.8 Å². The molecule has 2 aromatic rings. The first-order chi connectivity index (χ1) is 9.16. The standard InChI is InChI=1S/C18H18O/c1-12(10-13(2)19)15-8-5-9-17-16-7-4-3-6-14(16)11-18(15)17/h3-9,12H,10-11H2,1-2H3. The highest BCUT2D eigenvalue weighted by atomic mass is 16.1. The topological polar surface area (TPSA) is 17.1 Å². The van der Waals surface area contributed by atoms with E-state index < -0.39 is 0 Å². The summed E-state index contributed by atoms with van der Waals surface area (Å²) in [5.74, 6) is 0.572. The third-order valence-electron chi connectivity index (χ3n) is 4.01. The molecule has 0 bridgehead atoms. The van der Waals surface area contributed by atoms with Gasteiger partial charge in [-0.2, -0.15) is 0 Å². The molecule has 19 heavy (non-hydrogen) atoms. The molecule has 1 aliphatic carbocycles. The van der Waals surface area contributed by atoms with E-state index in [-0.39, 0.29) is 5.78 Å². The Bertz CT molecular complexity index is 640. The molecule has 0 fully saturated rings. The van der Waals surface area contributed by atoms with Gasteiger partial charge in [-0.25, -0.2) is 0 Å². The Balaban J connectivity index is 2.06. The molecule has 0 amide bonds. The second-order valence-corrected chi connectivity index (χ2v) is 5.51. The van der Waals surface area contributed by atoms with E-state index in [0.717, 1.165) is 6.42 Å². The molecule has 0 aromatic heterocycles. The lowest BCUT2D eigenvalue weighted by Crippen LogP contribution is -2.03. The Morgan fingerprint density at radius 3 is 2.63 bits per heavy atom. The predicted molar refractivity (Wildman–Crippen MR) is 78.4 cm³/mol. The molecule has 0 saturated carbocycles. The summed E-state index contributed by atoms with van der Waals surface area (Å²) >= 11 is 0. The maximum absolute atomic E-state index is 11.3. The first-order valence-corrected chi connectivity index (χ1v) is 6.86. The summed E-state index contributed by atoms with van der Waals surface area (Å²) in [6.45, 7) is 3.83. The van der Waals surface area contributed by atoms with Gasteiger partial charge in [-0.3, -0.25) is 0 Å². The second kappa shape index (κ2) is 4.65. The van der Waals surface area contributed by atoms with Gasteiger partial charge in [0.2, 0.25) is 0 Å². The van der Waals surface area contributed by atoms with E-state index >= 15 is 0 Å². The lowest BCUT2D eigenvalue weighted by Gasteiger charge is -2.14. The van der Waals surface area contributed by atoms with Gasteiger partial charge >= 0.3 is 0 Å². The fraction of sp³-hybridized carbons (Fsp3) is 0.278. The summed E-state index contributed by atoms with van der Waals surface area (Å²) < 4.78 is 0. The minimum Gasteiger partial charge on any atom is -0.300 e. The highest BCUT2D eigenvalue weighted by Gasteiger charge is 2.22. The lowest BCUT2D eigenvalue weighted by molar-refractivity contribution is -0.117. The smallest absolute Gasteiger partial charge is 0.130 e. The molecular weight excluding hydrogens is 232 g/mol. The monoisotopic (exact) mass is 250 g/mol. The van der Waals surface area contributed by atoms with Gasteiger partial charge in [0.25, 0.3) is 0 Å². The lowest BCUT2D eigenvalue weighted by atomic mass is 9.89. The summed E-state index contributed by atoms with van der Waals surface area (Å²) in [6.07, 6.45) is 1.64. The van der Waals surface area contributed by atoms with Crippen molar-refractivity contribution in [1.82, 2.24) is 0 Å². The number of rotatable bonds is 3.